The molecule has 6 nitrogen and oxygen atoms in total. The molecule has 3 N–H and O–H groups in total. The normalized spacial score (nSPS) is 17.2. The smallest absolute Gasteiger partial charge is 0.364 e. The first kappa shape index (κ1) is 21.8. The van der Waals surface area contributed by atoms with Gasteiger partial charge in [0.2, 0.25) is 10.0 Å². The van der Waals surface area contributed by atoms with Gasteiger partial charge in [-0.15, -0.1) is 0 Å². The van der Waals surface area contributed by atoms with Crippen molar-refractivity contribution in [1.82, 2.24) is 4.72 Å². The monoisotopic (exact) mass is 465 g/mol. The van der Waals surface area contributed by atoms with Gasteiger partial charge in [-0.25, -0.2) is 12.8 Å². The van der Waals surface area contributed by atoms with Gasteiger partial charge in [0.25, 0.3) is 5.91 Å². The van der Waals surface area contributed by atoms with Crippen LogP contribution in [0.15, 0.2) is 71.6 Å². The Morgan fingerprint density at radius 1 is 0.969 bits per heavy atom. The minimum absolute atomic E-state index is 0.184. The number of hydrogen-bond donors (Lipinski definition) is 3. The molecule has 1 atom stereocenters. The third-order valence-corrected chi connectivity index (χ3v) is 6.24. The summed E-state index contributed by atoms with van der Waals surface area (Å²) in [6, 6.07) is 13.4. The average Bonchev–Trinajstić information content (AvgIpc) is 2.72. The number of sulfonamides is 1. The first-order valence-corrected chi connectivity index (χ1v) is 10.7. The van der Waals surface area contributed by atoms with Crippen LogP contribution in [0.25, 0.3) is 0 Å². The summed E-state index contributed by atoms with van der Waals surface area (Å²) >= 11 is 0. The standard InChI is InChI=1S/C21H15F4N3O3S/c22-15-2-1-3-16(11-15)26-20(29)13-6-4-12(5-7-13)19-27-17-10-14(21(23,24)25)8-9-18(17)32(30,31)28-19/h1-11,19,27-28H,(H,26,29)/t19-/m1/s1. The van der Waals surface area contributed by atoms with Crippen LogP contribution in [-0.4, -0.2) is 14.3 Å². The van der Waals surface area contributed by atoms with Crippen molar-refractivity contribution in [2.24, 2.45) is 0 Å². The fraction of sp³-hybridized carbons (Fsp3) is 0.0952. The second kappa shape index (κ2) is 7.92. The maximum absolute atomic E-state index is 13.3. The van der Waals surface area contributed by atoms with Crippen LogP contribution in [0.3, 0.4) is 0 Å². The molecule has 166 valence electrons. The third kappa shape index (κ3) is 4.43. The lowest BCUT2D eigenvalue weighted by atomic mass is 10.1. The zero-order valence-corrected chi connectivity index (χ0v) is 16.9. The van der Waals surface area contributed by atoms with Crippen molar-refractivity contribution in [1.29, 1.82) is 0 Å². The number of halogens is 4. The lowest BCUT2D eigenvalue weighted by Crippen LogP contribution is -2.38. The molecule has 4 rings (SSSR count). The number of hydrogen-bond acceptors (Lipinski definition) is 4. The van der Waals surface area contributed by atoms with E-state index < -0.39 is 39.7 Å². The van der Waals surface area contributed by atoms with Crippen molar-refractivity contribution >= 4 is 27.3 Å². The Labute approximate surface area is 180 Å². The molecule has 1 amide bonds. The summed E-state index contributed by atoms with van der Waals surface area (Å²) in [7, 11) is -4.07. The number of rotatable bonds is 3. The van der Waals surface area contributed by atoms with E-state index in [2.05, 4.69) is 15.4 Å². The predicted octanol–water partition coefficient (Wildman–Crippen LogP) is 4.50. The molecule has 0 saturated carbocycles. The number of amides is 1. The van der Waals surface area contributed by atoms with Gasteiger partial charge >= 0.3 is 6.18 Å². The summed E-state index contributed by atoms with van der Waals surface area (Å²) in [5, 5.41) is 5.28. The van der Waals surface area contributed by atoms with E-state index in [-0.39, 0.29) is 21.8 Å². The molecule has 1 aliphatic rings. The first-order chi connectivity index (χ1) is 15.0. The van der Waals surface area contributed by atoms with Gasteiger partial charge in [0.15, 0.2) is 0 Å². The molecule has 0 aliphatic carbocycles. The van der Waals surface area contributed by atoms with Gasteiger partial charge in [0.05, 0.1) is 11.3 Å². The zero-order chi connectivity index (χ0) is 23.1. The summed E-state index contributed by atoms with van der Waals surface area (Å²) in [6.45, 7) is 0. The summed E-state index contributed by atoms with van der Waals surface area (Å²) in [4.78, 5) is 12.0. The molecular formula is C21H15F4N3O3S. The quantitative estimate of drug-likeness (QED) is 0.497. The Morgan fingerprint density at radius 2 is 1.69 bits per heavy atom. The summed E-state index contributed by atoms with van der Waals surface area (Å²) < 4.78 is 79.7. The highest BCUT2D eigenvalue weighted by Gasteiger charge is 2.35. The number of nitrogens with one attached hydrogen (secondary N) is 3. The Balaban J connectivity index is 1.56. The van der Waals surface area contributed by atoms with Gasteiger partial charge in [-0.1, -0.05) is 18.2 Å². The van der Waals surface area contributed by atoms with E-state index in [1.807, 2.05) is 0 Å². The van der Waals surface area contributed by atoms with E-state index in [0.717, 1.165) is 18.2 Å². The largest absolute Gasteiger partial charge is 0.416 e. The molecular weight excluding hydrogens is 450 g/mol. The number of carbonyl (C=O) groups excluding carboxylic acids is 1. The molecule has 0 unspecified atom stereocenters. The fourth-order valence-electron chi connectivity index (χ4n) is 3.20. The number of alkyl halides is 3. The van der Waals surface area contributed by atoms with Gasteiger partial charge < -0.3 is 10.6 Å². The van der Waals surface area contributed by atoms with Crippen molar-refractivity contribution in [3.05, 3.63) is 89.2 Å². The van der Waals surface area contributed by atoms with Crippen LogP contribution in [0, 0.1) is 5.82 Å². The van der Waals surface area contributed by atoms with Crippen molar-refractivity contribution < 1.29 is 30.8 Å². The minimum Gasteiger partial charge on any atom is -0.364 e. The highest BCUT2D eigenvalue weighted by Crippen LogP contribution is 2.37. The van der Waals surface area contributed by atoms with E-state index in [1.54, 1.807) is 0 Å². The molecule has 32 heavy (non-hydrogen) atoms. The highest BCUT2D eigenvalue weighted by molar-refractivity contribution is 7.89. The Bertz CT molecular complexity index is 1290. The number of carbonyl (C=O) groups is 1. The first-order valence-electron chi connectivity index (χ1n) is 9.20. The van der Waals surface area contributed by atoms with Crippen LogP contribution >= 0.6 is 0 Å². The van der Waals surface area contributed by atoms with Crippen LogP contribution < -0.4 is 15.4 Å². The summed E-state index contributed by atoms with van der Waals surface area (Å²) in [5.41, 5.74) is -0.311. The minimum atomic E-state index is -4.63. The van der Waals surface area contributed by atoms with E-state index in [1.165, 1.54) is 42.5 Å². The van der Waals surface area contributed by atoms with Gasteiger partial charge in [0, 0.05) is 11.3 Å². The van der Waals surface area contributed by atoms with Crippen LogP contribution in [-0.2, 0) is 16.2 Å². The molecule has 1 aliphatic heterocycles. The molecule has 0 spiro atoms. The third-order valence-electron chi connectivity index (χ3n) is 4.76. The van der Waals surface area contributed by atoms with E-state index >= 15 is 0 Å². The number of fused-ring (bicyclic) bond motifs is 1. The van der Waals surface area contributed by atoms with E-state index in [4.69, 9.17) is 0 Å². The Morgan fingerprint density at radius 3 is 2.34 bits per heavy atom. The molecule has 1 heterocycles. The average molecular weight is 465 g/mol. The van der Waals surface area contributed by atoms with Crippen molar-refractivity contribution in [3.63, 3.8) is 0 Å². The molecule has 0 radical (unpaired) electrons. The molecule has 0 saturated heterocycles. The lowest BCUT2D eigenvalue weighted by Gasteiger charge is -2.29. The molecule has 0 bridgehead atoms. The highest BCUT2D eigenvalue weighted by atomic mass is 32.2. The second-order valence-corrected chi connectivity index (χ2v) is 8.68. The molecule has 11 heteroatoms. The van der Waals surface area contributed by atoms with Gasteiger partial charge in [0.1, 0.15) is 16.9 Å². The summed E-state index contributed by atoms with van der Waals surface area (Å²) in [6.07, 6.45) is -5.67. The Hall–Kier alpha value is -3.44. The molecule has 0 fully saturated rings. The fourth-order valence-corrected chi connectivity index (χ4v) is 4.49. The van der Waals surface area contributed by atoms with Gasteiger partial charge in [-0.3, -0.25) is 4.79 Å². The molecule has 3 aromatic carbocycles. The van der Waals surface area contributed by atoms with Gasteiger partial charge in [-0.2, -0.15) is 17.9 Å². The van der Waals surface area contributed by atoms with E-state index in [0.29, 0.717) is 11.6 Å². The maximum atomic E-state index is 13.3. The predicted molar refractivity (Wildman–Crippen MR) is 109 cm³/mol. The number of benzene rings is 3. The Kier molecular flexibility index (Phi) is 5.39. The van der Waals surface area contributed by atoms with Crippen LogP contribution in [0.1, 0.15) is 27.7 Å². The lowest BCUT2D eigenvalue weighted by molar-refractivity contribution is -0.137. The SMILES string of the molecule is O=C(Nc1cccc(F)c1)c1ccc([C@@H]2Nc3cc(C(F)(F)F)ccc3S(=O)(=O)N2)cc1. The number of anilines is 2. The van der Waals surface area contributed by atoms with Crippen molar-refractivity contribution in [3.8, 4) is 0 Å². The van der Waals surface area contributed by atoms with Crippen LogP contribution in [0.2, 0.25) is 0 Å². The maximum Gasteiger partial charge on any atom is 0.416 e. The van der Waals surface area contributed by atoms with E-state index in [9.17, 15) is 30.8 Å². The topological polar surface area (TPSA) is 87.3 Å². The second-order valence-electron chi connectivity index (χ2n) is 6.99. The van der Waals surface area contributed by atoms with Crippen molar-refractivity contribution in [2.45, 2.75) is 17.2 Å². The molecule has 0 aromatic heterocycles. The van der Waals surface area contributed by atoms with Crippen LogP contribution in [0.5, 0.6) is 0 Å². The molecule has 3 aromatic rings. The zero-order valence-electron chi connectivity index (χ0n) is 16.1. The summed E-state index contributed by atoms with van der Waals surface area (Å²) in [5.74, 6) is -1.03. The van der Waals surface area contributed by atoms with Crippen LogP contribution in [0.4, 0.5) is 28.9 Å². The van der Waals surface area contributed by atoms with Gasteiger partial charge in [-0.05, 0) is 54.1 Å². The van der Waals surface area contributed by atoms with Crippen molar-refractivity contribution in [2.75, 3.05) is 10.6 Å².